The van der Waals surface area contributed by atoms with Crippen molar-refractivity contribution in [1.29, 1.82) is 0 Å². The minimum atomic E-state index is 0.0645. The van der Waals surface area contributed by atoms with Crippen molar-refractivity contribution < 1.29 is 4.74 Å². The Bertz CT molecular complexity index is 960. The van der Waals surface area contributed by atoms with E-state index in [1.807, 2.05) is 59.2 Å². The van der Waals surface area contributed by atoms with Gasteiger partial charge in [0.15, 0.2) is 0 Å². The molecule has 0 N–H and O–H groups in total. The summed E-state index contributed by atoms with van der Waals surface area (Å²) in [6.45, 7) is 3.56. The van der Waals surface area contributed by atoms with Crippen LogP contribution in [0.25, 0.3) is 10.9 Å². The molecule has 0 aliphatic carbocycles. The van der Waals surface area contributed by atoms with E-state index in [2.05, 4.69) is 4.90 Å². The van der Waals surface area contributed by atoms with Crippen molar-refractivity contribution in [2.75, 3.05) is 19.6 Å². The Morgan fingerprint density at radius 3 is 2.44 bits per heavy atom. The molecule has 2 aromatic carbocycles. The van der Waals surface area contributed by atoms with Gasteiger partial charge in [-0.3, -0.25) is 4.79 Å². The normalized spacial score (nSPS) is 15.9. The summed E-state index contributed by atoms with van der Waals surface area (Å²) in [4.78, 5) is 14.7. The molecule has 0 spiro atoms. The Morgan fingerprint density at radius 2 is 1.67 bits per heavy atom. The number of piperidine rings is 1. The summed E-state index contributed by atoms with van der Waals surface area (Å²) in [5.41, 5.74) is 1.07. The second-order valence-corrected chi connectivity index (χ2v) is 7.43. The van der Waals surface area contributed by atoms with Crippen LogP contribution in [0.5, 0.6) is 5.75 Å². The number of rotatable bonds is 5. The molecule has 1 saturated heterocycles. The Hall–Kier alpha value is -2.30. The third-order valence-electron chi connectivity index (χ3n) is 5.19. The molecule has 1 aliphatic rings. The largest absolute Gasteiger partial charge is 0.490 e. The molecule has 4 nitrogen and oxygen atoms in total. The minimum Gasteiger partial charge on any atom is -0.490 e. The lowest BCUT2D eigenvalue weighted by molar-refractivity contribution is 0.0986. The first-order valence-electron chi connectivity index (χ1n) is 9.42. The fourth-order valence-electron chi connectivity index (χ4n) is 3.67. The number of hydrogen-bond acceptors (Lipinski definition) is 3. The van der Waals surface area contributed by atoms with Gasteiger partial charge in [0.25, 0.3) is 5.56 Å². The van der Waals surface area contributed by atoms with Crippen LogP contribution < -0.4 is 10.3 Å². The van der Waals surface area contributed by atoms with Crippen LogP contribution in [0.3, 0.4) is 0 Å². The number of fused-ring (bicyclic) bond motifs is 1. The van der Waals surface area contributed by atoms with Gasteiger partial charge in [-0.25, -0.2) is 0 Å². The second kappa shape index (κ2) is 8.15. The summed E-state index contributed by atoms with van der Waals surface area (Å²) in [5, 5.41) is 1.83. The summed E-state index contributed by atoms with van der Waals surface area (Å²) in [5.74, 6) is 0.875. The number of para-hydroxylation sites is 1. The summed E-state index contributed by atoms with van der Waals surface area (Å²) in [6.07, 6.45) is 2.22. The van der Waals surface area contributed by atoms with Crippen molar-refractivity contribution in [3.8, 4) is 5.75 Å². The summed E-state index contributed by atoms with van der Waals surface area (Å²) >= 11 is 5.92. The van der Waals surface area contributed by atoms with Crippen molar-refractivity contribution >= 4 is 22.5 Å². The topological polar surface area (TPSA) is 34.5 Å². The number of aromatic nitrogens is 1. The molecule has 2 heterocycles. The molecule has 5 heteroatoms. The lowest BCUT2D eigenvalue weighted by atomic mass is 10.1. The SMILES string of the molecule is O=c1ccc2ccccc2n1CCN1CCC(Oc2ccc(Cl)cc2)CC1. The molecule has 27 heavy (non-hydrogen) atoms. The maximum absolute atomic E-state index is 12.3. The van der Waals surface area contributed by atoms with Crippen LogP contribution in [0, 0.1) is 0 Å². The van der Waals surface area contributed by atoms with Gasteiger partial charge in [0, 0.05) is 37.3 Å². The number of hydrogen-bond donors (Lipinski definition) is 0. The molecule has 0 radical (unpaired) electrons. The van der Waals surface area contributed by atoms with Crippen molar-refractivity contribution in [1.82, 2.24) is 9.47 Å². The van der Waals surface area contributed by atoms with Crippen LogP contribution in [0.2, 0.25) is 5.02 Å². The number of pyridine rings is 1. The zero-order valence-electron chi connectivity index (χ0n) is 15.2. The number of likely N-dealkylation sites (tertiary alicyclic amines) is 1. The Balaban J connectivity index is 1.33. The van der Waals surface area contributed by atoms with Gasteiger partial charge < -0.3 is 14.2 Å². The number of ether oxygens (including phenoxy) is 1. The third kappa shape index (κ3) is 4.34. The number of halogens is 1. The van der Waals surface area contributed by atoms with Gasteiger partial charge in [-0.05, 0) is 54.6 Å². The molecule has 3 aromatic rings. The van der Waals surface area contributed by atoms with E-state index >= 15 is 0 Å². The van der Waals surface area contributed by atoms with Gasteiger partial charge in [0.05, 0.1) is 5.52 Å². The van der Waals surface area contributed by atoms with Gasteiger partial charge in [-0.15, -0.1) is 0 Å². The molecule has 140 valence electrons. The molecule has 0 saturated carbocycles. The van der Waals surface area contributed by atoms with E-state index in [9.17, 15) is 4.79 Å². The molecular weight excluding hydrogens is 360 g/mol. The molecule has 1 aliphatic heterocycles. The molecule has 1 fully saturated rings. The van der Waals surface area contributed by atoms with Crippen LogP contribution in [0.1, 0.15) is 12.8 Å². The minimum absolute atomic E-state index is 0.0645. The van der Waals surface area contributed by atoms with E-state index in [0.29, 0.717) is 6.54 Å². The smallest absolute Gasteiger partial charge is 0.251 e. The van der Waals surface area contributed by atoms with Crippen molar-refractivity contribution in [3.63, 3.8) is 0 Å². The van der Waals surface area contributed by atoms with E-state index in [4.69, 9.17) is 16.3 Å². The summed E-state index contributed by atoms with van der Waals surface area (Å²) in [6, 6.07) is 19.2. The van der Waals surface area contributed by atoms with E-state index in [-0.39, 0.29) is 11.7 Å². The van der Waals surface area contributed by atoms with E-state index in [1.165, 1.54) is 0 Å². The molecule has 0 bridgehead atoms. The average Bonchev–Trinajstić information content (AvgIpc) is 2.70. The van der Waals surface area contributed by atoms with Crippen LogP contribution in [-0.4, -0.2) is 35.2 Å². The number of benzene rings is 2. The molecule has 0 atom stereocenters. The van der Waals surface area contributed by atoms with Crippen LogP contribution >= 0.6 is 11.6 Å². The molecule has 1 aromatic heterocycles. The van der Waals surface area contributed by atoms with Crippen molar-refractivity contribution in [2.45, 2.75) is 25.5 Å². The average molecular weight is 383 g/mol. The predicted octanol–water partition coefficient (Wildman–Crippen LogP) is 4.20. The molecule has 4 rings (SSSR count). The monoisotopic (exact) mass is 382 g/mol. The van der Waals surface area contributed by atoms with Crippen molar-refractivity contribution in [2.24, 2.45) is 0 Å². The lowest BCUT2D eigenvalue weighted by Gasteiger charge is -2.32. The summed E-state index contributed by atoms with van der Waals surface area (Å²) in [7, 11) is 0. The fraction of sp³-hybridized carbons (Fsp3) is 0.318. The molecule has 0 unspecified atom stereocenters. The highest BCUT2D eigenvalue weighted by atomic mass is 35.5. The van der Waals surface area contributed by atoms with Gasteiger partial charge in [0.2, 0.25) is 0 Å². The zero-order valence-corrected chi connectivity index (χ0v) is 15.9. The first-order chi connectivity index (χ1) is 13.2. The van der Waals surface area contributed by atoms with Gasteiger partial charge in [-0.1, -0.05) is 29.8 Å². The Morgan fingerprint density at radius 1 is 0.926 bits per heavy atom. The van der Waals surface area contributed by atoms with Gasteiger partial charge in [-0.2, -0.15) is 0 Å². The maximum Gasteiger partial charge on any atom is 0.251 e. The summed E-state index contributed by atoms with van der Waals surface area (Å²) < 4.78 is 7.94. The van der Waals surface area contributed by atoms with E-state index in [0.717, 1.165) is 54.2 Å². The fourth-order valence-corrected chi connectivity index (χ4v) is 3.80. The van der Waals surface area contributed by atoms with E-state index < -0.39 is 0 Å². The maximum atomic E-state index is 12.3. The number of nitrogens with zero attached hydrogens (tertiary/aromatic N) is 2. The standard InChI is InChI=1S/C22H23ClN2O2/c23-18-6-8-19(9-7-18)27-20-11-13-24(14-12-20)15-16-25-21-4-2-1-3-17(21)5-10-22(25)26/h1-10,20H,11-16H2. The van der Waals surface area contributed by atoms with Crippen LogP contribution in [-0.2, 0) is 6.54 Å². The molecular formula is C22H23ClN2O2. The highest BCUT2D eigenvalue weighted by molar-refractivity contribution is 6.30. The zero-order chi connectivity index (χ0) is 18.6. The van der Waals surface area contributed by atoms with Gasteiger partial charge in [0.1, 0.15) is 11.9 Å². The third-order valence-corrected chi connectivity index (χ3v) is 5.44. The molecule has 0 amide bonds. The quantitative estimate of drug-likeness (QED) is 0.663. The van der Waals surface area contributed by atoms with E-state index in [1.54, 1.807) is 6.07 Å². The van der Waals surface area contributed by atoms with Gasteiger partial charge >= 0.3 is 0 Å². The Labute approximate surface area is 163 Å². The lowest BCUT2D eigenvalue weighted by Crippen LogP contribution is -2.40. The van der Waals surface area contributed by atoms with Crippen molar-refractivity contribution in [3.05, 3.63) is 76.0 Å². The Kier molecular flexibility index (Phi) is 5.46. The first kappa shape index (κ1) is 18.1. The predicted molar refractivity (Wildman–Crippen MR) is 110 cm³/mol. The highest BCUT2D eigenvalue weighted by Gasteiger charge is 2.20. The van der Waals surface area contributed by atoms with Crippen LogP contribution in [0.15, 0.2) is 65.5 Å². The van der Waals surface area contributed by atoms with Crippen LogP contribution in [0.4, 0.5) is 0 Å². The highest BCUT2D eigenvalue weighted by Crippen LogP contribution is 2.21. The second-order valence-electron chi connectivity index (χ2n) is 6.99. The first-order valence-corrected chi connectivity index (χ1v) is 9.80.